The van der Waals surface area contributed by atoms with E-state index < -0.39 is 40.9 Å². The van der Waals surface area contributed by atoms with Crippen LogP contribution < -0.4 is 0 Å². The SMILES string of the molecule is CCC(=O)C1C(=O)[C@@H](CCC(C)C)C(O)(C(O)CC=C(C)C)C1=O. The summed E-state index contributed by atoms with van der Waals surface area (Å²) in [5, 5.41) is 21.5. The van der Waals surface area contributed by atoms with Crippen molar-refractivity contribution < 1.29 is 24.6 Å². The van der Waals surface area contributed by atoms with Gasteiger partial charge in [-0.05, 0) is 32.6 Å². The lowest BCUT2D eigenvalue weighted by atomic mass is 9.79. The highest BCUT2D eigenvalue weighted by Gasteiger charge is 2.63. The second-order valence-corrected chi connectivity index (χ2v) is 7.40. The zero-order valence-corrected chi connectivity index (χ0v) is 15.3. The molecule has 1 aliphatic carbocycles. The van der Waals surface area contributed by atoms with Crippen LogP contribution in [0.4, 0.5) is 0 Å². The van der Waals surface area contributed by atoms with Crippen molar-refractivity contribution >= 4 is 17.3 Å². The van der Waals surface area contributed by atoms with Crippen molar-refractivity contribution in [3.8, 4) is 0 Å². The van der Waals surface area contributed by atoms with Crippen LogP contribution in [0.25, 0.3) is 0 Å². The molecule has 0 aromatic heterocycles. The van der Waals surface area contributed by atoms with E-state index in [9.17, 15) is 24.6 Å². The maximum Gasteiger partial charge on any atom is 0.185 e. The highest BCUT2D eigenvalue weighted by Crippen LogP contribution is 2.41. The van der Waals surface area contributed by atoms with Gasteiger partial charge in [-0.1, -0.05) is 38.8 Å². The minimum absolute atomic E-state index is 0.0548. The van der Waals surface area contributed by atoms with Gasteiger partial charge in [-0.2, -0.15) is 0 Å². The first-order valence-corrected chi connectivity index (χ1v) is 8.71. The Morgan fingerprint density at radius 3 is 2.33 bits per heavy atom. The number of hydrogen-bond acceptors (Lipinski definition) is 5. The normalized spacial score (nSPS) is 28.3. The van der Waals surface area contributed by atoms with Crippen LogP contribution in [0, 0.1) is 17.8 Å². The standard InChI is InChI=1S/C19H30O5/c1-6-14(20)16-17(22)13(9-7-11(2)3)19(24,18(16)23)15(21)10-8-12(4)5/h8,11,13,15-16,21,24H,6-7,9-10H2,1-5H3/t13-,15?,16?,19?/m1/s1. The molecule has 1 aliphatic rings. The predicted molar refractivity (Wildman–Crippen MR) is 91.4 cm³/mol. The predicted octanol–water partition coefficient (Wildman–Crippen LogP) is 2.23. The minimum Gasteiger partial charge on any atom is -0.389 e. The van der Waals surface area contributed by atoms with Gasteiger partial charge in [-0.15, -0.1) is 0 Å². The number of aliphatic hydroxyl groups is 2. The van der Waals surface area contributed by atoms with Crippen LogP contribution in [0.1, 0.15) is 60.3 Å². The number of rotatable bonds is 8. The molecule has 0 aromatic carbocycles. The number of carbonyl (C=O) groups is 3. The van der Waals surface area contributed by atoms with Gasteiger partial charge in [0.25, 0.3) is 0 Å². The smallest absolute Gasteiger partial charge is 0.185 e. The molecule has 0 heterocycles. The van der Waals surface area contributed by atoms with E-state index in [1.807, 2.05) is 27.7 Å². The molecule has 136 valence electrons. The van der Waals surface area contributed by atoms with Gasteiger partial charge in [-0.25, -0.2) is 0 Å². The van der Waals surface area contributed by atoms with E-state index in [1.165, 1.54) is 0 Å². The highest BCUT2D eigenvalue weighted by molar-refractivity contribution is 6.27. The number of hydrogen-bond donors (Lipinski definition) is 2. The first-order chi connectivity index (χ1) is 11.1. The monoisotopic (exact) mass is 338 g/mol. The van der Waals surface area contributed by atoms with E-state index in [4.69, 9.17) is 0 Å². The van der Waals surface area contributed by atoms with Gasteiger partial charge in [0, 0.05) is 6.42 Å². The molecule has 1 saturated carbocycles. The summed E-state index contributed by atoms with van der Waals surface area (Å²) in [6.45, 7) is 9.24. The van der Waals surface area contributed by atoms with Crippen LogP contribution in [0.5, 0.6) is 0 Å². The molecule has 3 unspecified atom stereocenters. The fourth-order valence-electron chi connectivity index (χ4n) is 3.24. The van der Waals surface area contributed by atoms with Crippen molar-refractivity contribution in [3.63, 3.8) is 0 Å². The molecule has 0 amide bonds. The molecule has 0 aliphatic heterocycles. The molecule has 0 radical (unpaired) electrons. The Morgan fingerprint density at radius 2 is 1.88 bits per heavy atom. The molecule has 0 aromatic rings. The van der Waals surface area contributed by atoms with Crippen molar-refractivity contribution in [2.45, 2.75) is 72.0 Å². The van der Waals surface area contributed by atoms with Gasteiger partial charge in [0.05, 0.1) is 12.0 Å². The van der Waals surface area contributed by atoms with E-state index in [0.717, 1.165) is 5.57 Å². The number of ketones is 3. The molecule has 0 spiro atoms. The molecule has 5 heteroatoms. The lowest BCUT2D eigenvalue weighted by Crippen LogP contribution is -2.52. The molecule has 0 saturated heterocycles. The van der Waals surface area contributed by atoms with Gasteiger partial charge in [0.2, 0.25) is 0 Å². The maximum atomic E-state index is 12.7. The van der Waals surface area contributed by atoms with E-state index in [2.05, 4.69) is 0 Å². The largest absolute Gasteiger partial charge is 0.389 e. The highest BCUT2D eigenvalue weighted by atomic mass is 16.4. The first kappa shape index (κ1) is 20.7. The van der Waals surface area contributed by atoms with Crippen LogP contribution in [0.2, 0.25) is 0 Å². The number of Topliss-reactive ketones (excluding diaryl/α,β-unsaturated/α-hetero) is 3. The van der Waals surface area contributed by atoms with Gasteiger partial charge >= 0.3 is 0 Å². The van der Waals surface area contributed by atoms with Crippen molar-refractivity contribution in [2.24, 2.45) is 17.8 Å². The van der Waals surface area contributed by atoms with Crippen LogP contribution in [0.15, 0.2) is 11.6 Å². The van der Waals surface area contributed by atoms with Crippen LogP contribution in [0.3, 0.4) is 0 Å². The summed E-state index contributed by atoms with van der Waals surface area (Å²) < 4.78 is 0. The molecule has 2 N–H and O–H groups in total. The average molecular weight is 338 g/mol. The third-order valence-electron chi connectivity index (χ3n) is 4.78. The Bertz CT molecular complexity index is 530. The summed E-state index contributed by atoms with van der Waals surface area (Å²) in [4.78, 5) is 37.4. The second kappa shape index (κ2) is 8.17. The van der Waals surface area contributed by atoms with Gasteiger partial charge in [0.1, 0.15) is 5.92 Å². The molecule has 5 nitrogen and oxygen atoms in total. The fourth-order valence-corrected chi connectivity index (χ4v) is 3.24. The molecule has 1 fully saturated rings. The number of carbonyl (C=O) groups excluding carboxylic acids is 3. The van der Waals surface area contributed by atoms with E-state index >= 15 is 0 Å². The average Bonchev–Trinajstić information content (AvgIpc) is 2.70. The zero-order valence-electron chi connectivity index (χ0n) is 15.3. The molecule has 1 rings (SSSR count). The molecular weight excluding hydrogens is 308 g/mol. The maximum absolute atomic E-state index is 12.7. The van der Waals surface area contributed by atoms with Crippen LogP contribution in [-0.4, -0.2) is 39.3 Å². The van der Waals surface area contributed by atoms with Gasteiger partial charge in [0.15, 0.2) is 23.0 Å². The molecule has 0 bridgehead atoms. The zero-order chi connectivity index (χ0) is 18.7. The van der Waals surface area contributed by atoms with Gasteiger partial charge in [-0.3, -0.25) is 14.4 Å². The van der Waals surface area contributed by atoms with Crippen molar-refractivity contribution in [1.29, 1.82) is 0 Å². The lowest BCUT2D eigenvalue weighted by molar-refractivity contribution is -0.156. The summed E-state index contributed by atoms with van der Waals surface area (Å²) in [5.74, 6) is -4.01. The third kappa shape index (κ3) is 4.01. The Labute approximate surface area is 144 Å². The van der Waals surface area contributed by atoms with E-state index in [-0.39, 0.29) is 25.2 Å². The minimum atomic E-state index is -2.17. The van der Waals surface area contributed by atoms with Crippen LogP contribution in [-0.2, 0) is 14.4 Å². The number of aliphatic hydroxyl groups excluding tert-OH is 1. The van der Waals surface area contributed by atoms with Crippen LogP contribution >= 0.6 is 0 Å². The second-order valence-electron chi connectivity index (χ2n) is 7.40. The van der Waals surface area contributed by atoms with Crippen molar-refractivity contribution in [3.05, 3.63) is 11.6 Å². The molecule has 24 heavy (non-hydrogen) atoms. The Balaban J connectivity index is 3.22. The first-order valence-electron chi connectivity index (χ1n) is 8.71. The molecular formula is C19H30O5. The summed E-state index contributed by atoms with van der Waals surface area (Å²) >= 11 is 0. The Kier molecular flexibility index (Phi) is 7.05. The lowest BCUT2D eigenvalue weighted by Gasteiger charge is -2.32. The van der Waals surface area contributed by atoms with Crippen molar-refractivity contribution in [2.75, 3.05) is 0 Å². The van der Waals surface area contributed by atoms with Crippen molar-refractivity contribution in [1.82, 2.24) is 0 Å². The van der Waals surface area contributed by atoms with Gasteiger partial charge < -0.3 is 10.2 Å². The fraction of sp³-hybridized carbons (Fsp3) is 0.737. The topological polar surface area (TPSA) is 91.7 Å². The summed E-state index contributed by atoms with van der Waals surface area (Å²) in [7, 11) is 0. The summed E-state index contributed by atoms with van der Waals surface area (Å²) in [6.07, 6.45) is 1.37. The Hall–Kier alpha value is -1.33. The summed E-state index contributed by atoms with van der Waals surface area (Å²) in [5.41, 5.74) is -1.23. The third-order valence-corrected chi connectivity index (χ3v) is 4.78. The summed E-state index contributed by atoms with van der Waals surface area (Å²) in [6, 6.07) is 0. The Morgan fingerprint density at radius 1 is 1.29 bits per heavy atom. The quantitative estimate of drug-likeness (QED) is 0.523. The van der Waals surface area contributed by atoms with E-state index in [0.29, 0.717) is 6.42 Å². The molecule has 4 atom stereocenters. The van der Waals surface area contributed by atoms with E-state index in [1.54, 1.807) is 13.0 Å². The number of allylic oxidation sites excluding steroid dienone is 1.